The van der Waals surface area contributed by atoms with Crippen LogP contribution in [0.15, 0.2) is 35.5 Å². The average Bonchev–Trinajstić information content (AvgIpc) is 2.97. The fraction of sp³-hybridized carbons (Fsp3) is 0.533. The molecule has 1 unspecified atom stereocenters. The van der Waals surface area contributed by atoms with E-state index >= 15 is 0 Å². The van der Waals surface area contributed by atoms with E-state index in [4.69, 9.17) is 10.9 Å². The summed E-state index contributed by atoms with van der Waals surface area (Å²) in [5, 5.41) is 12.1. The van der Waals surface area contributed by atoms with Crippen molar-refractivity contribution in [1.82, 2.24) is 0 Å². The first-order chi connectivity index (χ1) is 9.31. The van der Waals surface area contributed by atoms with Crippen molar-refractivity contribution < 1.29 is 5.21 Å². The number of amidine groups is 1. The van der Waals surface area contributed by atoms with Gasteiger partial charge in [0.15, 0.2) is 0 Å². The predicted molar refractivity (Wildman–Crippen MR) is 81.9 cm³/mol. The summed E-state index contributed by atoms with van der Waals surface area (Å²) in [5.41, 5.74) is 6.95. The van der Waals surface area contributed by atoms with Crippen molar-refractivity contribution in [2.24, 2.45) is 16.8 Å². The molecule has 1 aromatic rings. The topological polar surface area (TPSA) is 58.6 Å². The molecule has 19 heavy (non-hydrogen) atoms. The minimum absolute atomic E-state index is 0.0117. The van der Waals surface area contributed by atoms with Crippen LogP contribution in [0.25, 0.3) is 0 Å². The number of thioether (sulfide) groups is 1. The first-order valence-corrected chi connectivity index (χ1v) is 8.07. The van der Waals surface area contributed by atoms with E-state index in [1.54, 1.807) is 0 Å². The molecule has 1 aliphatic carbocycles. The average molecular weight is 278 g/mol. The van der Waals surface area contributed by atoms with Crippen LogP contribution < -0.4 is 5.73 Å². The van der Waals surface area contributed by atoms with Gasteiger partial charge in [-0.1, -0.05) is 48.3 Å². The Labute approximate surface area is 119 Å². The van der Waals surface area contributed by atoms with Crippen LogP contribution in [-0.4, -0.2) is 22.5 Å². The smallest absolute Gasteiger partial charge is 0.147 e. The molecule has 0 aliphatic heterocycles. The van der Waals surface area contributed by atoms with Crippen molar-refractivity contribution in [3.63, 3.8) is 0 Å². The largest absolute Gasteiger partial charge is 0.409 e. The van der Waals surface area contributed by atoms with Crippen molar-refractivity contribution in [2.45, 2.75) is 31.6 Å². The number of nitrogens with zero attached hydrogens (tertiary/aromatic N) is 1. The van der Waals surface area contributed by atoms with Gasteiger partial charge in [-0.15, -0.1) is 0 Å². The van der Waals surface area contributed by atoms with Crippen LogP contribution in [0.3, 0.4) is 0 Å². The minimum atomic E-state index is 0.0117. The van der Waals surface area contributed by atoms with E-state index < -0.39 is 0 Å². The van der Waals surface area contributed by atoms with Crippen LogP contribution >= 0.6 is 11.8 Å². The molecule has 3 N–H and O–H groups in total. The predicted octanol–water partition coefficient (Wildman–Crippen LogP) is 3.44. The Bertz CT molecular complexity index is 402. The first kappa shape index (κ1) is 14.3. The van der Waals surface area contributed by atoms with Crippen molar-refractivity contribution in [3.8, 4) is 0 Å². The van der Waals surface area contributed by atoms with Crippen LogP contribution in [0.5, 0.6) is 0 Å². The maximum atomic E-state index is 8.93. The van der Waals surface area contributed by atoms with Crippen molar-refractivity contribution in [3.05, 3.63) is 35.9 Å². The Morgan fingerprint density at radius 2 is 2.00 bits per heavy atom. The summed E-state index contributed by atoms with van der Waals surface area (Å²) in [6.07, 6.45) is 5.50. The van der Waals surface area contributed by atoms with Gasteiger partial charge in [-0.25, -0.2) is 0 Å². The summed E-state index contributed by atoms with van der Waals surface area (Å²) < 4.78 is 0. The zero-order valence-corrected chi connectivity index (χ0v) is 12.0. The Balaban J connectivity index is 1.91. The van der Waals surface area contributed by atoms with Crippen LogP contribution in [0.4, 0.5) is 0 Å². The Morgan fingerprint density at radius 3 is 2.63 bits per heavy atom. The van der Waals surface area contributed by atoms with Crippen LogP contribution in [0, 0.1) is 5.92 Å². The van der Waals surface area contributed by atoms with Gasteiger partial charge in [0.1, 0.15) is 5.84 Å². The number of rotatable bonds is 6. The van der Waals surface area contributed by atoms with Crippen molar-refractivity contribution >= 4 is 17.6 Å². The first-order valence-electron chi connectivity index (χ1n) is 6.91. The van der Waals surface area contributed by atoms with E-state index in [2.05, 4.69) is 5.16 Å². The lowest BCUT2D eigenvalue weighted by Gasteiger charge is -2.17. The lowest BCUT2D eigenvalue weighted by Crippen LogP contribution is -2.24. The van der Waals surface area contributed by atoms with Gasteiger partial charge >= 0.3 is 0 Å². The SMILES string of the molecule is NC(=NO)C(CSCC1CCCC1)c1ccccc1. The number of oxime groups is 1. The van der Waals surface area contributed by atoms with Gasteiger partial charge in [-0.3, -0.25) is 0 Å². The molecule has 1 fully saturated rings. The lowest BCUT2D eigenvalue weighted by atomic mass is 10.0. The van der Waals surface area contributed by atoms with Crippen LogP contribution in [-0.2, 0) is 0 Å². The highest BCUT2D eigenvalue weighted by Crippen LogP contribution is 2.30. The van der Waals surface area contributed by atoms with Gasteiger partial charge < -0.3 is 10.9 Å². The van der Waals surface area contributed by atoms with E-state index in [-0.39, 0.29) is 5.92 Å². The van der Waals surface area contributed by atoms with E-state index in [9.17, 15) is 0 Å². The lowest BCUT2D eigenvalue weighted by molar-refractivity contribution is 0.316. The fourth-order valence-electron chi connectivity index (χ4n) is 2.64. The van der Waals surface area contributed by atoms with Gasteiger partial charge in [0, 0.05) is 5.75 Å². The van der Waals surface area contributed by atoms with Crippen molar-refractivity contribution in [1.29, 1.82) is 0 Å². The number of hydrogen-bond donors (Lipinski definition) is 2. The molecule has 0 aromatic heterocycles. The van der Waals surface area contributed by atoms with Gasteiger partial charge in [-0.05, 0) is 30.1 Å². The normalized spacial score (nSPS) is 18.6. The summed E-state index contributed by atoms with van der Waals surface area (Å²) in [7, 11) is 0. The molecule has 104 valence electrons. The number of benzene rings is 1. The highest BCUT2D eigenvalue weighted by Gasteiger charge is 2.19. The molecule has 1 aliphatic rings. The van der Waals surface area contributed by atoms with Crippen LogP contribution in [0.2, 0.25) is 0 Å². The van der Waals surface area contributed by atoms with Crippen LogP contribution in [0.1, 0.15) is 37.2 Å². The quantitative estimate of drug-likeness (QED) is 0.363. The number of nitrogens with two attached hydrogens (primary N) is 1. The molecular weight excluding hydrogens is 256 g/mol. The summed E-state index contributed by atoms with van der Waals surface area (Å²) in [6, 6.07) is 10.1. The van der Waals surface area contributed by atoms with Gasteiger partial charge in [0.25, 0.3) is 0 Å². The van der Waals surface area contributed by atoms with E-state index in [0.29, 0.717) is 5.84 Å². The standard InChI is InChI=1S/C15H22N2OS/c16-15(17-18)14(13-8-2-1-3-9-13)11-19-10-12-6-4-5-7-12/h1-3,8-9,12,14,18H,4-7,10-11H2,(H2,16,17). The Morgan fingerprint density at radius 1 is 1.32 bits per heavy atom. The second-order valence-electron chi connectivity index (χ2n) is 5.18. The molecule has 0 amide bonds. The molecule has 0 saturated heterocycles. The zero-order chi connectivity index (χ0) is 13.5. The second kappa shape index (κ2) is 7.43. The highest BCUT2D eigenvalue weighted by atomic mass is 32.2. The molecule has 0 spiro atoms. The molecule has 1 atom stereocenters. The molecule has 1 aromatic carbocycles. The van der Waals surface area contributed by atoms with E-state index in [0.717, 1.165) is 17.2 Å². The summed E-state index contributed by atoms with van der Waals surface area (Å²) in [5.74, 6) is 3.27. The van der Waals surface area contributed by atoms with Crippen molar-refractivity contribution in [2.75, 3.05) is 11.5 Å². The van der Waals surface area contributed by atoms with E-state index in [1.807, 2.05) is 42.1 Å². The van der Waals surface area contributed by atoms with Gasteiger partial charge in [0.2, 0.25) is 0 Å². The summed E-state index contributed by atoms with van der Waals surface area (Å²) in [6.45, 7) is 0. The summed E-state index contributed by atoms with van der Waals surface area (Å²) >= 11 is 1.93. The maximum absolute atomic E-state index is 8.93. The summed E-state index contributed by atoms with van der Waals surface area (Å²) in [4.78, 5) is 0. The second-order valence-corrected chi connectivity index (χ2v) is 6.25. The monoisotopic (exact) mass is 278 g/mol. The molecule has 3 nitrogen and oxygen atoms in total. The number of hydrogen-bond acceptors (Lipinski definition) is 3. The third-order valence-electron chi connectivity index (χ3n) is 3.79. The molecule has 4 heteroatoms. The molecular formula is C15H22N2OS. The van der Waals surface area contributed by atoms with E-state index in [1.165, 1.54) is 31.4 Å². The fourth-order valence-corrected chi connectivity index (χ4v) is 4.04. The third kappa shape index (κ3) is 4.16. The molecule has 0 radical (unpaired) electrons. The Kier molecular flexibility index (Phi) is 5.58. The zero-order valence-electron chi connectivity index (χ0n) is 11.2. The maximum Gasteiger partial charge on any atom is 0.147 e. The molecule has 0 bridgehead atoms. The molecule has 0 heterocycles. The highest BCUT2D eigenvalue weighted by molar-refractivity contribution is 7.99. The molecule has 2 rings (SSSR count). The van der Waals surface area contributed by atoms with Gasteiger partial charge in [0.05, 0.1) is 5.92 Å². The third-order valence-corrected chi connectivity index (χ3v) is 5.06. The minimum Gasteiger partial charge on any atom is -0.409 e. The Hall–Kier alpha value is -1.16. The molecule has 1 saturated carbocycles. The van der Waals surface area contributed by atoms with Gasteiger partial charge in [-0.2, -0.15) is 11.8 Å².